The minimum absolute atomic E-state index is 0.0407. The van der Waals surface area contributed by atoms with Crippen molar-refractivity contribution in [1.29, 1.82) is 0 Å². The smallest absolute Gasteiger partial charge is 0.320 e. The van der Waals surface area contributed by atoms with Crippen molar-refractivity contribution in [3.63, 3.8) is 0 Å². The molecule has 4 atom stereocenters. The van der Waals surface area contributed by atoms with Gasteiger partial charge in [-0.2, -0.15) is 5.48 Å². The van der Waals surface area contributed by atoms with Gasteiger partial charge in [-0.05, 0) is 50.2 Å². The fraction of sp³-hybridized carbons (Fsp3) is 0.545. The van der Waals surface area contributed by atoms with E-state index in [9.17, 15) is 14.4 Å². The maximum Gasteiger partial charge on any atom is 0.322 e. The zero-order chi connectivity index (χ0) is 22.1. The number of carbonyl (C=O) groups is 2. The lowest BCUT2D eigenvalue weighted by molar-refractivity contribution is -0.125. The van der Waals surface area contributed by atoms with Crippen LogP contribution in [0.2, 0.25) is 0 Å². The number of rotatable bonds is 3. The number of aromatic nitrogens is 2. The summed E-state index contributed by atoms with van der Waals surface area (Å²) >= 11 is 0. The lowest BCUT2D eigenvalue weighted by Crippen LogP contribution is -2.49. The van der Waals surface area contributed by atoms with Gasteiger partial charge in [0, 0.05) is 42.2 Å². The van der Waals surface area contributed by atoms with Crippen LogP contribution in [-0.4, -0.2) is 34.3 Å². The van der Waals surface area contributed by atoms with Crippen molar-refractivity contribution in [1.82, 2.24) is 25.7 Å². The molecule has 0 bridgehead atoms. The number of urea groups is 1. The third-order valence-corrected chi connectivity index (χ3v) is 6.51. The monoisotopic (exact) mass is 427 g/mol. The molecule has 9 nitrogen and oxygen atoms in total. The molecule has 2 fully saturated rings. The highest BCUT2D eigenvalue weighted by molar-refractivity contribution is 5.95. The molecule has 2 aromatic rings. The summed E-state index contributed by atoms with van der Waals surface area (Å²) < 4.78 is 1.67. The van der Waals surface area contributed by atoms with Crippen molar-refractivity contribution in [3.8, 4) is 0 Å². The quantitative estimate of drug-likeness (QED) is 0.689. The Hall–Kier alpha value is -2.78. The number of imide groups is 1. The van der Waals surface area contributed by atoms with Crippen molar-refractivity contribution in [2.45, 2.75) is 51.6 Å². The number of pyridine rings is 2. The van der Waals surface area contributed by atoms with E-state index in [1.165, 1.54) is 0 Å². The first-order valence-electron chi connectivity index (χ1n) is 10.8. The van der Waals surface area contributed by atoms with Crippen LogP contribution in [0, 0.1) is 18.8 Å². The Morgan fingerprint density at radius 1 is 1.26 bits per heavy atom. The Kier molecular flexibility index (Phi) is 6.06. The summed E-state index contributed by atoms with van der Waals surface area (Å²) in [6, 6.07) is 3.29. The van der Waals surface area contributed by atoms with Crippen LogP contribution in [0.15, 0.2) is 23.1 Å². The Bertz CT molecular complexity index is 1060. The average Bonchev–Trinajstić information content (AvgIpc) is 3.24. The molecule has 3 amide bonds. The lowest BCUT2D eigenvalue weighted by atomic mass is 9.71. The van der Waals surface area contributed by atoms with E-state index in [4.69, 9.17) is 4.84 Å². The molecule has 31 heavy (non-hydrogen) atoms. The van der Waals surface area contributed by atoms with Gasteiger partial charge in [0.15, 0.2) is 0 Å². The van der Waals surface area contributed by atoms with E-state index in [0.717, 1.165) is 23.0 Å². The number of nitrogens with one attached hydrogen (secondary N) is 3. The first-order valence-corrected chi connectivity index (χ1v) is 10.8. The van der Waals surface area contributed by atoms with Gasteiger partial charge in [0.25, 0.3) is 5.56 Å². The van der Waals surface area contributed by atoms with Crippen molar-refractivity contribution >= 4 is 22.8 Å². The predicted molar refractivity (Wildman–Crippen MR) is 115 cm³/mol. The fourth-order valence-electron chi connectivity index (χ4n) is 4.65. The molecular formula is C22H29N5O4. The highest BCUT2D eigenvalue weighted by atomic mass is 16.7. The van der Waals surface area contributed by atoms with Gasteiger partial charge < -0.3 is 9.88 Å². The molecule has 0 aromatic carbocycles. The molecule has 0 spiro atoms. The Balaban J connectivity index is 1.52. The van der Waals surface area contributed by atoms with E-state index < -0.39 is 6.03 Å². The van der Waals surface area contributed by atoms with Gasteiger partial charge in [-0.25, -0.2) is 4.79 Å². The standard InChI is InChI=1S/C22H29N5O4/c1-12-4-5-14(20(28)25-22(30)24-19-6-7-31-26-19)9-16(12)17-10-15-11-23-13(2)8-18(15)27(3)21(17)29/h8,10-12,14,16,19,26H,4-7,9H2,1-3H3,(H2,24,25,28,30). The van der Waals surface area contributed by atoms with Crippen LogP contribution in [0.3, 0.4) is 0 Å². The number of carbonyl (C=O) groups excluding carboxylic acids is 2. The lowest BCUT2D eigenvalue weighted by Gasteiger charge is -2.33. The van der Waals surface area contributed by atoms with Gasteiger partial charge in [0.1, 0.15) is 6.17 Å². The summed E-state index contributed by atoms with van der Waals surface area (Å²) in [6.07, 6.45) is 4.17. The van der Waals surface area contributed by atoms with E-state index in [1.807, 2.05) is 19.1 Å². The molecule has 4 unspecified atom stereocenters. The van der Waals surface area contributed by atoms with Crippen LogP contribution < -0.4 is 21.7 Å². The van der Waals surface area contributed by atoms with Gasteiger partial charge >= 0.3 is 6.03 Å². The summed E-state index contributed by atoms with van der Waals surface area (Å²) in [5, 5.41) is 6.03. The van der Waals surface area contributed by atoms with Crippen LogP contribution in [0.25, 0.3) is 10.9 Å². The molecule has 0 radical (unpaired) electrons. The molecular weight excluding hydrogens is 398 g/mol. The summed E-state index contributed by atoms with van der Waals surface area (Å²) in [5.74, 6) is -0.414. The van der Waals surface area contributed by atoms with E-state index in [1.54, 1.807) is 17.8 Å². The number of fused-ring (bicyclic) bond motifs is 1. The second-order valence-electron chi connectivity index (χ2n) is 8.71. The number of nitrogens with zero attached hydrogens (tertiary/aromatic N) is 2. The minimum Gasteiger partial charge on any atom is -0.320 e. The molecule has 1 aliphatic heterocycles. The van der Waals surface area contributed by atoms with E-state index >= 15 is 0 Å². The summed E-state index contributed by atoms with van der Waals surface area (Å²) in [7, 11) is 1.77. The zero-order valence-electron chi connectivity index (χ0n) is 18.1. The Morgan fingerprint density at radius 2 is 2.06 bits per heavy atom. The van der Waals surface area contributed by atoms with Gasteiger partial charge in [0.05, 0.1) is 12.1 Å². The SMILES string of the molecule is Cc1cc2c(cn1)cc(C1CC(C(=O)NC(=O)NC3CCON3)CCC1C)c(=O)n2C. The van der Waals surface area contributed by atoms with E-state index in [2.05, 4.69) is 28.0 Å². The van der Waals surface area contributed by atoms with Crippen LogP contribution >= 0.6 is 0 Å². The van der Waals surface area contributed by atoms with Crippen LogP contribution in [0.1, 0.15) is 49.8 Å². The molecule has 1 saturated heterocycles. The first-order chi connectivity index (χ1) is 14.8. The predicted octanol–water partition coefficient (Wildman–Crippen LogP) is 1.84. The van der Waals surface area contributed by atoms with Crippen LogP contribution in [0.4, 0.5) is 4.79 Å². The number of hydrogen-bond donors (Lipinski definition) is 3. The summed E-state index contributed by atoms with van der Waals surface area (Å²) in [6.45, 7) is 4.53. The molecule has 2 aromatic heterocycles. The summed E-state index contributed by atoms with van der Waals surface area (Å²) in [4.78, 5) is 47.4. The number of amides is 3. The van der Waals surface area contributed by atoms with Gasteiger partial charge in [0.2, 0.25) is 5.91 Å². The topological polar surface area (TPSA) is 114 Å². The maximum absolute atomic E-state index is 13.1. The molecule has 166 valence electrons. The minimum atomic E-state index is -0.536. The highest BCUT2D eigenvalue weighted by Gasteiger charge is 2.35. The zero-order valence-corrected chi connectivity index (χ0v) is 18.1. The van der Waals surface area contributed by atoms with Crippen molar-refractivity contribution < 1.29 is 14.4 Å². The van der Waals surface area contributed by atoms with Crippen molar-refractivity contribution in [3.05, 3.63) is 39.9 Å². The van der Waals surface area contributed by atoms with Gasteiger partial charge in [-0.1, -0.05) is 6.92 Å². The first kappa shape index (κ1) is 21.5. The second kappa shape index (κ2) is 8.76. The molecule has 3 heterocycles. The molecule has 2 aliphatic rings. The van der Waals surface area contributed by atoms with E-state index in [0.29, 0.717) is 31.4 Å². The number of aryl methyl sites for hydroxylation is 2. The van der Waals surface area contributed by atoms with Gasteiger partial charge in [-0.15, -0.1) is 0 Å². The normalized spacial score (nSPS) is 26.0. The Morgan fingerprint density at radius 3 is 2.81 bits per heavy atom. The molecule has 1 aliphatic carbocycles. The molecule has 1 saturated carbocycles. The number of hydroxylamine groups is 1. The largest absolute Gasteiger partial charge is 0.322 e. The third kappa shape index (κ3) is 4.47. The molecule has 3 N–H and O–H groups in total. The second-order valence-corrected chi connectivity index (χ2v) is 8.71. The third-order valence-electron chi connectivity index (χ3n) is 6.51. The highest BCUT2D eigenvalue weighted by Crippen LogP contribution is 2.40. The molecule has 9 heteroatoms. The van der Waals surface area contributed by atoms with Crippen LogP contribution in [0.5, 0.6) is 0 Å². The summed E-state index contributed by atoms with van der Waals surface area (Å²) in [5.41, 5.74) is 5.05. The number of hydrogen-bond acceptors (Lipinski definition) is 6. The fourth-order valence-corrected chi connectivity index (χ4v) is 4.65. The average molecular weight is 428 g/mol. The van der Waals surface area contributed by atoms with Gasteiger partial charge in [-0.3, -0.25) is 24.7 Å². The van der Waals surface area contributed by atoms with Crippen LogP contribution in [-0.2, 0) is 16.7 Å². The van der Waals surface area contributed by atoms with Crippen molar-refractivity contribution in [2.24, 2.45) is 18.9 Å². The Labute approximate surface area is 180 Å². The van der Waals surface area contributed by atoms with E-state index in [-0.39, 0.29) is 35.4 Å². The maximum atomic E-state index is 13.1. The van der Waals surface area contributed by atoms with Crippen molar-refractivity contribution in [2.75, 3.05) is 6.61 Å². The molecule has 4 rings (SSSR count).